The molecule has 1 aromatic heterocycles. The Bertz CT molecular complexity index is 1050. The van der Waals surface area contributed by atoms with Crippen molar-refractivity contribution >= 4 is 59.7 Å². The fraction of sp³-hybridized carbons (Fsp3) is 0.200. The number of hydrogen-bond donors (Lipinski definition) is 1. The van der Waals surface area contributed by atoms with Crippen molar-refractivity contribution in [3.05, 3.63) is 59.1 Å². The van der Waals surface area contributed by atoms with Gasteiger partial charge in [0.25, 0.3) is 0 Å². The van der Waals surface area contributed by atoms with Gasteiger partial charge in [-0.15, -0.1) is 5.11 Å². The van der Waals surface area contributed by atoms with Gasteiger partial charge in [0, 0.05) is 10.9 Å². The van der Waals surface area contributed by atoms with Crippen molar-refractivity contribution in [3.63, 3.8) is 0 Å². The van der Waals surface area contributed by atoms with Crippen LogP contribution in [-0.4, -0.2) is 14.5 Å². The second-order valence-corrected chi connectivity index (χ2v) is 8.20. The zero-order chi connectivity index (χ0) is 18.5. The van der Waals surface area contributed by atoms with Gasteiger partial charge in [-0.2, -0.15) is 5.11 Å². The third-order valence-electron chi connectivity index (χ3n) is 4.86. The largest absolute Gasteiger partial charge is 0.493 e. The number of benzene rings is 2. The summed E-state index contributed by atoms with van der Waals surface area (Å²) in [4.78, 5) is 1.98. The van der Waals surface area contributed by atoms with Crippen molar-refractivity contribution in [1.29, 1.82) is 0 Å². The zero-order valence-corrected chi connectivity index (χ0v) is 17.5. The van der Waals surface area contributed by atoms with Crippen LogP contribution in [0, 0.1) is 0 Å². The van der Waals surface area contributed by atoms with Crippen LogP contribution in [0.2, 0.25) is 0 Å². The van der Waals surface area contributed by atoms with E-state index in [1.54, 1.807) is 0 Å². The molecule has 3 aromatic rings. The lowest BCUT2D eigenvalue weighted by atomic mass is 9.86. The number of halogens is 2. The highest BCUT2D eigenvalue weighted by Gasteiger charge is 2.41. The van der Waals surface area contributed by atoms with E-state index in [0.29, 0.717) is 5.69 Å². The van der Waals surface area contributed by atoms with Gasteiger partial charge in [0.15, 0.2) is 5.69 Å². The molecule has 2 heterocycles. The minimum Gasteiger partial charge on any atom is -0.493 e. The first-order valence-corrected chi connectivity index (χ1v) is 10.1. The molecule has 2 aromatic carbocycles. The van der Waals surface area contributed by atoms with Crippen molar-refractivity contribution in [2.24, 2.45) is 10.2 Å². The Labute approximate surface area is 168 Å². The smallest absolute Gasteiger partial charge is 0.221 e. The summed E-state index contributed by atoms with van der Waals surface area (Å²) in [6, 6.07) is 15.5. The fourth-order valence-electron chi connectivity index (χ4n) is 3.55. The van der Waals surface area contributed by atoms with Crippen molar-refractivity contribution in [2.75, 3.05) is 0 Å². The van der Waals surface area contributed by atoms with Crippen LogP contribution < -0.4 is 0 Å². The molecule has 0 amide bonds. The summed E-state index contributed by atoms with van der Waals surface area (Å²) < 4.78 is 1.95. The first-order chi connectivity index (χ1) is 12.5. The first-order valence-electron chi connectivity index (χ1n) is 8.25. The highest BCUT2D eigenvalue weighted by Crippen LogP contribution is 2.52. The maximum absolute atomic E-state index is 11.0. The summed E-state index contributed by atoms with van der Waals surface area (Å²) in [6.45, 7) is 4.19. The number of aromatic hydroxyl groups is 1. The Morgan fingerprint density at radius 1 is 1.08 bits per heavy atom. The molecule has 0 fully saturated rings. The monoisotopic (exact) mass is 473 g/mol. The molecular weight excluding hydrogens is 458 g/mol. The highest BCUT2D eigenvalue weighted by molar-refractivity contribution is 9.11. The third kappa shape index (κ3) is 2.47. The molecule has 0 saturated heterocycles. The van der Waals surface area contributed by atoms with Crippen LogP contribution in [0.3, 0.4) is 0 Å². The number of azo groups is 1. The zero-order valence-electron chi connectivity index (χ0n) is 14.3. The molecule has 1 unspecified atom stereocenters. The van der Waals surface area contributed by atoms with E-state index < -0.39 is 0 Å². The van der Waals surface area contributed by atoms with Gasteiger partial charge in [-0.3, -0.25) is 0 Å². The van der Waals surface area contributed by atoms with Gasteiger partial charge in [0.2, 0.25) is 5.88 Å². The van der Waals surface area contributed by atoms with Crippen LogP contribution in [0.4, 0.5) is 11.4 Å². The lowest BCUT2D eigenvalue weighted by Gasteiger charge is -2.39. The van der Waals surface area contributed by atoms with Crippen molar-refractivity contribution in [2.45, 2.75) is 24.2 Å². The molecule has 1 aliphatic rings. The van der Waals surface area contributed by atoms with Crippen molar-refractivity contribution in [1.82, 2.24) is 4.57 Å². The standard InChI is InChI=1S/C20H17Br2N3O/c1-20(2)18(22)15(11-21)13-9-6-10-14-16(19(26)25(20)17(13)14)24-23-12-7-4-3-5-8-12/h3-11,18,26H,1-2H3/b15-11-,24-23?. The van der Waals surface area contributed by atoms with E-state index in [0.717, 1.165) is 27.7 Å². The molecule has 1 N–H and O–H groups in total. The Morgan fingerprint density at radius 2 is 1.81 bits per heavy atom. The predicted octanol–water partition coefficient (Wildman–Crippen LogP) is 7.01. The molecule has 1 aliphatic heterocycles. The molecule has 0 spiro atoms. The number of aromatic nitrogens is 1. The van der Waals surface area contributed by atoms with E-state index >= 15 is 0 Å². The minimum atomic E-state index is -0.378. The number of para-hydroxylation sites is 1. The predicted molar refractivity (Wildman–Crippen MR) is 113 cm³/mol. The van der Waals surface area contributed by atoms with Crippen LogP contribution in [0.1, 0.15) is 19.4 Å². The van der Waals surface area contributed by atoms with Gasteiger partial charge < -0.3 is 9.67 Å². The van der Waals surface area contributed by atoms with Crippen LogP contribution in [0.15, 0.2) is 63.7 Å². The summed E-state index contributed by atoms with van der Waals surface area (Å²) in [5.41, 5.74) is 4.04. The molecule has 6 heteroatoms. The first kappa shape index (κ1) is 17.5. The summed E-state index contributed by atoms with van der Waals surface area (Å²) >= 11 is 7.31. The summed E-state index contributed by atoms with van der Waals surface area (Å²) in [6.07, 6.45) is 0. The van der Waals surface area contributed by atoms with Gasteiger partial charge in [-0.25, -0.2) is 0 Å². The second kappa shape index (κ2) is 6.35. The molecule has 0 bridgehead atoms. The summed E-state index contributed by atoms with van der Waals surface area (Å²) in [5, 5.41) is 20.6. The number of allylic oxidation sites excluding steroid dienone is 1. The van der Waals surface area contributed by atoms with Gasteiger partial charge in [-0.1, -0.05) is 68.3 Å². The topological polar surface area (TPSA) is 49.9 Å². The molecule has 0 saturated carbocycles. The van der Waals surface area contributed by atoms with Crippen LogP contribution in [0.5, 0.6) is 5.88 Å². The van der Waals surface area contributed by atoms with Gasteiger partial charge in [-0.05, 0) is 36.5 Å². The van der Waals surface area contributed by atoms with Crippen molar-refractivity contribution < 1.29 is 5.11 Å². The third-order valence-corrected chi connectivity index (χ3v) is 6.97. The Morgan fingerprint density at radius 3 is 2.50 bits per heavy atom. The molecule has 132 valence electrons. The van der Waals surface area contributed by atoms with Gasteiger partial charge in [0.1, 0.15) is 0 Å². The molecule has 0 radical (unpaired) electrons. The van der Waals surface area contributed by atoms with Gasteiger partial charge in [0.05, 0.1) is 21.6 Å². The maximum Gasteiger partial charge on any atom is 0.221 e. The van der Waals surface area contributed by atoms with E-state index in [1.165, 1.54) is 0 Å². The maximum atomic E-state index is 11.0. The number of hydrogen-bond acceptors (Lipinski definition) is 3. The van der Waals surface area contributed by atoms with Gasteiger partial charge >= 0.3 is 0 Å². The van der Waals surface area contributed by atoms with Crippen LogP contribution in [0.25, 0.3) is 16.5 Å². The number of rotatable bonds is 2. The molecule has 4 rings (SSSR count). The highest BCUT2D eigenvalue weighted by atomic mass is 79.9. The average molecular weight is 475 g/mol. The Hall–Kier alpha value is -1.92. The van der Waals surface area contributed by atoms with E-state index in [4.69, 9.17) is 0 Å². The van der Waals surface area contributed by atoms with E-state index in [1.807, 2.05) is 52.0 Å². The Kier molecular flexibility index (Phi) is 4.28. The summed E-state index contributed by atoms with van der Waals surface area (Å²) in [5.74, 6) is 0.134. The number of nitrogens with zero attached hydrogens (tertiary/aromatic N) is 3. The SMILES string of the molecule is CC1(C)C(Br)/C(=C\Br)c2cccc3c(N=Nc4ccccc4)c(O)n1c23. The molecule has 0 aliphatic carbocycles. The summed E-state index contributed by atoms with van der Waals surface area (Å²) in [7, 11) is 0. The van der Waals surface area contributed by atoms with Crippen LogP contribution >= 0.6 is 31.9 Å². The normalized spacial score (nSPS) is 20.3. The molecule has 1 atom stereocenters. The molecule has 26 heavy (non-hydrogen) atoms. The lowest BCUT2D eigenvalue weighted by molar-refractivity contribution is 0.321. The van der Waals surface area contributed by atoms with Crippen LogP contribution in [-0.2, 0) is 5.54 Å². The average Bonchev–Trinajstić information content (AvgIpc) is 2.93. The quantitative estimate of drug-likeness (QED) is 0.315. The number of alkyl halides is 1. The minimum absolute atomic E-state index is 0.0321. The fourth-order valence-corrected chi connectivity index (χ4v) is 5.00. The van der Waals surface area contributed by atoms with Crippen molar-refractivity contribution in [3.8, 4) is 5.88 Å². The van der Waals surface area contributed by atoms with E-state index in [2.05, 4.69) is 62.0 Å². The molecular formula is C20H17Br2N3O. The van der Waals surface area contributed by atoms with E-state index in [9.17, 15) is 5.11 Å². The lowest BCUT2D eigenvalue weighted by Crippen LogP contribution is -2.39. The molecule has 4 nitrogen and oxygen atoms in total. The van der Waals surface area contributed by atoms with E-state index in [-0.39, 0.29) is 16.2 Å². The second-order valence-electron chi connectivity index (χ2n) is 6.83. The Balaban J connectivity index is 2.01.